The fourth-order valence-corrected chi connectivity index (χ4v) is 3.32. The van der Waals surface area contributed by atoms with E-state index in [-0.39, 0.29) is 24.3 Å². The van der Waals surface area contributed by atoms with Gasteiger partial charge in [0.2, 0.25) is 0 Å². The van der Waals surface area contributed by atoms with E-state index < -0.39 is 36.2 Å². The third-order valence-electron chi connectivity index (χ3n) is 5.97. The summed E-state index contributed by atoms with van der Waals surface area (Å²) in [6.07, 6.45) is -3.91. The zero-order valence-electron chi connectivity index (χ0n) is 19.9. The Bertz CT molecular complexity index is 1130. The highest BCUT2D eigenvalue weighted by Crippen LogP contribution is 2.39. The second-order valence-electron chi connectivity index (χ2n) is 9.18. The number of nitrogens with zero attached hydrogens (tertiary/aromatic N) is 1. The standard InChI is InChI=1S/C25H26BF3N2O4/c1-23(2)24(3,4)35-26(34-23)21(15-31-22(32)33-16-17-8-6-5-7-9-17)13-18-10-19(14-30)12-20(11-18)25(27,28)29/h5-13H,15-16H2,1-4H3,(H,31,32). The van der Waals surface area contributed by atoms with E-state index in [1.165, 1.54) is 12.1 Å². The number of carbonyl (C=O) groups excluding carboxylic acids is 1. The first-order chi connectivity index (χ1) is 16.3. The van der Waals surface area contributed by atoms with Crippen LogP contribution in [0.2, 0.25) is 0 Å². The Hall–Kier alpha value is -3.29. The van der Waals surface area contributed by atoms with E-state index in [1.54, 1.807) is 6.07 Å². The lowest BCUT2D eigenvalue weighted by molar-refractivity contribution is -0.137. The van der Waals surface area contributed by atoms with E-state index in [0.29, 0.717) is 5.47 Å². The highest BCUT2D eigenvalue weighted by Gasteiger charge is 2.52. The average molecular weight is 486 g/mol. The number of hydrogen-bond acceptors (Lipinski definition) is 5. The van der Waals surface area contributed by atoms with Crippen LogP contribution in [0.4, 0.5) is 18.0 Å². The van der Waals surface area contributed by atoms with Gasteiger partial charge in [-0.05, 0) is 62.5 Å². The van der Waals surface area contributed by atoms with Crippen LogP contribution in [-0.2, 0) is 26.8 Å². The van der Waals surface area contributed by atoms with Gasteiger partial charge in [-0.15, -0.1) is 0 Å². The van der Waals surface area contributed by atoms with Crippen LogP contribution in [0.25, 0.3) is 6.08 Å². The van der Waals surface area contributed by atoms with Crippen molar-refractivity contribution >= 4 is 19.3 Å². The van der Waals surface area contributed by atoms with Gasteiger partial charge in [0.1, 0.15) is 6.61 Å². The van der Waals surface area contributed by atoms with Gasteiger partial charge in [-0.2, -0.15) is 18.4 Å². The molecule has 10 heteroatoms. The molecule has 0 saturated carbocycles. The molecular formula is C25H26BF3N2O4. The molecule has 6 nitrogen and oxygen atoms in total. The number of rotatable bonds is 6. The number of carbonyl (C=O) groups is 1. The number of halogens is 3. The Morgan fingerprint density at radius 3 is 2.31 bits per heavy atom. The Balaban J connectivity index is 1.86. The molecule has 0 unspecified atom stereocenters. The Morgan fingerprint density at radius 2 is 1.74 bits per heavy atom. The number of nitrogens with one attached hydrogen (secondary N) is 1. The first-order valence-electron chi connectivity index (χ1n) is 10.9. The van der Waals surface area contributed by atoms with Crippen LogP contribution >= 0.6 is 0 Å². The minimum atomic E-state index is -4.63. The molecule has 1 saturated heterocycles. The van der Waals surface area contributed by atoms with Gasteiger partial charge in [0.15, 0.2) is 0 Å². The maximum Gasteiger partial charge on any atom is 0.492 e. The van der Waals surface area contributed by atoms with Crippen LogP contribution in [0, 0.1) is 11.3 Å². The SMILES string of the molecule is CC1(C)OB(C(=Cc2cc(C#N)cc(C(F)(F)F)c2)CNC(=O)OCc2ccccc2)OC1(C)C. The molecule has 1 amide bonds. The lowest BCUT2D eigenvalue weighted by atomic mass is 9.76. The molecule has 0 aliphatic carbocycles. The smallest absolute Gasteiger partial charge is 0.445 e. The summed E-state index contributed by atoms with van der Waals surface area (Å²) in [7, 11) is -0.936. The highest BCUT2D eigenvalue weighted by molar-refractivity contribution is 6.56. The van der Waals surface area contributed by atoms with Gasteiger partial charge in [0.25, 0.3) is 0 Å². The minimum Gasteiger partial charge on any atom is -0.445 e. The van der Waals surface area contributed by atoms with Crippen molar-refractivity contribution in [3.8, 4) is 6.07 Å². The predicted molar refractivity (Wildman–Crippen MR) is 125 cm³/mol. The zero-order valence-corrected chi connectivity index (χ0v) is 19.9. The van der Waals surface area contributed by atoms with Crippen LogP contribution in [-0.4, -0.2) is 31.0 Å². The summed E-state index contributed by atoms with van der Waals surface area (Å²) < 4.78 is 57.4. The van der Waals surface area contributed by atoms with Crippen molar-refractivity contribution in [2.24, 2.45) is 0 Å². The topological polar surface area (TPSA) is 80.6 Å². The number of hydrogen-bond donors (Lipinski definition) is 1. The Labute approximate surface area is 202 Å². The molecule has 35 heavy (non-hydrogen) atoms. The lowest BCUT2D eigenvalue weighted by Gasteiger charge is -2.32. The zero-order chi connectivity index (χ0) is 25.9. The highest BCUT2D eigenvalue weighted by atomic mass is 19.4. The number of alkyl halides is 3. The van der Waals surface area contributed by atoms with Gasteiger partial charge in [-0.1, -0.05) is 36.4 Å². The molecule has 1 aliphatic heterocycles. The second-order valence-corrected chi connectivity index (χ2v) is 9.18. The summed E-state index contributed by atoms with van der Waals surface area (Å²) >= 11 is 0. The summed E-state index contributed by atoms with van der Waals surface area (Å²) in [5.41, 5.74) is -1.23. The summed E-state index contributed by atoms with van der Waals surface area (Å²) in [6, 6.07) is 13.9. The maximum atomic E-state index is 13.4. The molecule has 1 fully saturated rings. The van der Waals surface area contributed by atoms with Crippen molar-refractivity contribution in [3.05, 3.63) is 76.3 Å². The van der Waals surface area contributed by atoms with Crippen LogP contribution in [0.15, 0.2) is 54.0 Å². The third-order valence-corrected chi connectivity index (χ3v) is 5.97. The largest absolute Gasteiger partial charge is 0.492 e. The van der Waals surface area contributed by atoms with Crippen molar-refractivity contribution in [2.75, 3.05) is 6.54 Å². The van der Waals surface area contributed by atoms with E-state index in [9.17, 15) is 23.2 Å². The normalized spacial score (nSPS) is 17.1. The summed E-state index contributed by atoms with van der Waals surface area (Å²) in [4.78, 5) is 12.3. The van der Waals surface area contributed by atoms with Gasteiger partial charge < -0.3 is 19.4 Å². The first kappa shape index (κ1) is 26.3. The fourth-order valence-electron chi connectivity index (χ4n) is 3.32. The molecule has 2 aromatic carbocycles. The number of amides is 1. The van der Waals surface area contributed by atoms with E-state index in [2.05, 4.69) is 5.32 Å². The fraction of sp³-hybridized carbons (Fsp3) is 0.360. The van der Waals surface area contributed by atoms with Crippen LogP contribution in [0.3, 0.4) is 0 Å². The molecule has 1 heterocycles. The van der Waals surface area contributed by atoms with Crippen molar-refractivity contribution in [1.82, 2.24) is 5.32 Å². The number of ether oxygens (including phenoxy) is 1. The molecular weight excluding hydrogens is 460 g/mol. The van der Waals surface area contributed by atoms with Crippen LogP contribution < -0.4 is 5.32 Å². The first-order valence-corrected chi connectivity index (χ1v) is 10.9. The van der Waals surface area contributed by atoms with Gasteiger partial charge >= 0.3 is 19.4 Å². The lowest BCUT2D eigenvalue weighted by Crippen LogP contribution is -2.41. The van der Waals surface area contributed by atoms with Gasteiger partial charge in [0.05, 0.1) is 28.4 Å². The molecule has 0 radical (unpaired) electrons. The number of alkyl carbamates (subject to hydrolysis) is 1. The molecule has 3 rings (SSSR count). The van der Waals surface area contributed by atoms with Gasteiger partial charge in [-0.3, -0.25) is 0 Å². The van der Waals surface area contributed by atoms with Crippen LogP contribution in [0.5, 0.6) is 0 Å². The quantitative estimate of drug-likeness (QED) is 0.544. The summed E-state index contributed by atoms with van der Waals surface area (Å²) in [5.74, 6) is 0. The Morgan fingerprint density at radius 1 is 1.11 bits per heavy atom. The molecule has 1 N–H and O–H groups in total. The minimum absolute atomic E-state index is 0.0569. The second kappa shape index (κ2) is 10.1. The van der Waals surface area contributed by atoms with E-state index >= 15 is 0 Å². The molecule has 1 aliphatic rings. The van der Waals surface area contributed by atoms with E-state index in [4.69, 9.17) is 14.0 Å². The van der Waals surface area contributed by atoms with Gasteiger partial charge in [0, 0.05) is 6.54 Å². The molecule has 0 aromatic heterocycles. The van der Waals surface area contributed by atoms with E-state index in [0.717, 1.165) is 17.7 Å². The molecule has 0 spiro atoms. The van der Waals surface area contributed by atoms with Crippen LogP contribution in [0.1, 0.15) is 49.9 Å². The molecule has 184 valence electrons. The predicted octanol–water partition coefficient (Wildman–Crippen LogP) is 5.52. The third kappa shape index (κ3) is 6.65. The molecule has 0 atom stereocenters. The molecule has 0 bridgehead atoms. The van der Waals surface area contributed by atoms with Crippen molar-refractivity contribution in [1.29, 1.82) is 5.26 Å². The Kier molecular flexibility index (Phi) is 7.63. The summed E-state index contributed by atoms with van der Waals surface area (Å²) in [5, 5.41) is 11.8. The van der Waals surface area contributed by atoms with Gasteiger partial charge in [-0.25, -0.2) is 4.79 Å². The average Bonchev–Trinajstić information content (AvgIpc) is 3.01. The van der Waals surface area contributed by atoms with Crippen molar-refractivity contribution in [2.45, 2.75) is 51.7 Å². The van der Waals surface area contributed by atoms with Crippen molar-refractivity contribution in [3.63, 3.8) is 0 Å². The summed E-state index contributed by atoms with van der Waals surface area (Å²) in [6.45, 7) is 7.30. The number of nitriles is 1. The monoisotopic (exact) mass is 486 g/mol. The number of benzene rings is 2. The van der Waals surface area contributed by atoms with Crippen molar-refractivity contribution < 1.29 is 32.0 Å². The maximum absolute atomic E-state index is 13.4. The van der Waals surface area contributed by atoms with E-state index in [1.807, 2.05) is 58.0 Å². The molecule has 2 aromatic rings.